The second-order valence-corrected chi connectivity index (χ2v) is 5.88. The molecule has 0 atom stereocenters. The molecule has 28 heavy (non-hydrogen) atoms. The number of hydrogen-bond donors (Lipinski definition) is 1. The van der Waals surface area contributed by atoms with Gasteiger partial charge in [0.05, 0.1) is 4.92 Å². The van der Waals surface area contributed by atoms with Gasteiger partial charge in [0.25, 0.3) is 11.6 Å². The van der Waals surface area contributed by atoms with E-state index in [0.29, 0.717) is 11.3 Å². The van der Waals surface area contributed by atoms with Crippen LogP contribution in [-0.2, 0) is 4.74 Å². The minimum Gasteiger partial charge on any atom is -0.468 e. The lowest BCUT2D eigenvalue weighted by Crippen LogP contribution is -2.13. The highest BCUT2D eigenvalue weighted by Gasteiger charge is 2.17. The molecule has 7 nitrogen and oxygen atoms in total. The standard InChI is InChI=1S/C21H18N2O5/c1-27-14-28-18-10-7-15(8-11-18)17-9-12-20(23(25)26)19(13-17)22-21(24)16-5-3-2-4-6-16/h2-13H,14H2,1H3,(H,22,24). The molecule has 0 spiro atoms. The van der Waals surface area contributed by atoms with Crippen LogP contribution in [-0.4, -0.2) is 24.7 Å². The van der Waals surface area contributed by atoms with Gasteiger partial charge in [-0.25, -0.2) is 0 Å². The van der Waals surface area contributed by atoms with E-state index < -0.39 is 10.8 Å². The monoisotopic (exact) mass is 378 g/mol. The van der Waals surface area contributed by atoms with Crippen molar-refractivity contribution in [3.05, 3.63) is 88.5 Å². The first-order chi connectivity index (χ1) is 13.6. The third-order valence-corrected chi connectivity index (χ3v) is 4.01. The molecular formula is C21H18N2O5. The summed E-state index contributed by atoms with van der Waals surface area (Å²) in [4.78, 5) is 23.3. The lowest BCUT2D eigenvalue weighted by molar-refractivity contribution is -0.383. The molecule has 7 heteroatoms. The van der Waals surface area contributed by atoms with Crippen molar-refractivity contribution in [2.75, 3.05) is 19.2 Å². The molecule has 0 heterocycles. The first-order valence-corrected chi connectivity index (χ1v) is 8.45. The Kier molecular flexibility index (Phi) is 5.98. The summed E-state index contributed by atoms with van der Waals surface area (Å²) in [5.41, 5.74) is 1.94. The molecule has 1 N–H and O–H groups in total. The Bertz CT molecular complexity index is 972. The van der Waals surface area contributed by atoms with Crippen LogP contribution in [0.3, 0.4) is 0 Å². The molecule has 0 saturated heterocycles. The van der Waals surface area contributed by atoms with Crippen LogP contribution in [0, 0.1) is 10.1 Å². The van der Waals surface area contributed by atoms with Crippen LogP contribution >= 0.6 is 0 Å². The number of amides is 1. The number of nitrogens with zero attached hydrogens (tertiary/aromatic N) is 1. The summed E-state index contributed by atoms with van der Waals surface area (Å²) in [5.74, 6) is 0.231. The van der Waals surface area contributed by atoms with E-state index in [2.05, 4.69) is 5.32 Å². The maximum Gasteiger partial charge on any atom is 0.292 e. The largest absolute Gasteiger partial charge is 0.468 e. The zero-order valence-electron chi connectivity index (χ0n) is 15.1. The van der Waals surface area contributed by atoms with Crippen LogP contribution in [0.25, 0.3) is 11.1 Å². The van der Waals surface area contributed by atoms with Crippen molar-refractivity contribution in [3.63, 3.8) is 0 Å². The molecule has 0 aromatic heterocycles. The molecule has 0 radical (unpaired) electrons. The molecule has 0 aliphatic carbocycles. The third-order valence-electron chi connectivity index (χ3n) is 4.01. The number of benzene rings is 3. The lowest BCUT2D eigenvalue weighted by Gasteiger charge is -2.10. The van der Waals surface area contributed by atoms with E-state index in [1.165, 1.54) is 13.2 Å². The van der Waals surface area contributed by atoms with E-state index in [9.17, 15) is 14.9 Å². The Morgan fingerprint density at radius 3 is 2.32 bits per heavy atom. The van der Waals surface area contributed by atoms with Crippen molar-refractivity contribution in [3.8, 4) is 16.9 Å². The predicted molar refractivity (Wildman–Crippen MR) is 105 cm³/mol. The molecule has 3 aromatic carbocycles. The number of rotatable bonds is 7. The van der Waals surface area contributed by atoms with Crippen LogP contribution in [0.5, 0.6) is 5.75 Å². The number of anilines is 1. The van der Waals surface area contributed by atoms with Crippen molar-refractivity contribution < 1.29 is 19.2 Å². The van der Waals surface area contributed by atoms with E-state index in [1.807, 2.05) is 12.1 Å². The van der Waals surface area contributed by atoms with Crippen LogP contribution in [0.2, 0.25) is 0 Å². The van der Waals surface area contributed by atoms with Crippen molar-refractivity contribution in [2.24, 2.45) is 0 Å². The lowest BCUT2D eigenvalue weighted by atomic mass is 10.0. The number of nitrogens with one attached hydrogen (secondary N) is 1. The van der Waals surface area contributed by atoms with E-state index in [0.717, 1.165) is 11.1 Å². The summed E-state index contributed by atoms with van der Waals surface area (Å²) >= 11 is 0. The van der Waals surface area contributed by atoms with Crippen LogP contribution in [0.1, 0.15) is 10.4 Å². The van der Waals surface area contributed by atoms with Gasteiger partial charge in [0.15, 0.2) is 6.79 Å². The summed E-state index contributed by atoms with van der Waals surface area (Å²) in [6.07, 6.45) is 0. The average Bonchev–Trinajstić information content (AvgIpc) is 2.73. The quantitative estimate of drug-likeness (QED) is 0.371. The minimum absolute atomic E-state index is 0.135. The van der Waals surface area contributed by atoms with E-state index >= 15 is 0 Å². The van der Waals surface area contributed by atoms with Gasteiger partial charge in [-0.05, 0) is 47.5 Å². The third kappa shape index (κ3) is 4.52. The molecular weight excluding hydrogens is 360 g/mol. The fraction of sp³-hybridized carbons (Fsp3) is 0.0952. The van der Waals surface area contributed by atoms with Crippen molar-refractivity contribution in [1.82, 2.24) is 0 Å². The molecule has 142 valence electrons. The zero-order chi connectivity index (χ0) is 19.9. The molecule has 0 unspecified atom stereocenters. The van der Waals surface area contributed by atoms with Gasteiger partial charge in [-0.1, -0.05) is 30.3 Å². The summed E-state index contributed by atoms with van der Waals surface area (Å²) in [5, 5.41) is 14.0. The topological polar surface area (TPSA) is 90.7 Å². The van der Waals surface area contributed by atoms with Crippen molar-refractivity contribution >= 4 is 17.3 Å². The maximum absolute atomic E-state index is 12.4. The molecule has 1 amide bonds. The zero-order valence-corrected chi connectivity index (χ0v) is 15.1. The van der Waals surface area contributed by atoms with Crippen LogP contribution in [0.15, 0.2) is 72.8 Å². The summed E-state index contributed by atoms with van der Waals surface area (Å²) < 4.78 is 10.2. The Morgan fingerprint density at radius 2 is 1.68 bits per heavy atom. The van der Waals surface area contributed by atoms with E-state index in [1.54, 1.807) is 54.6 Å². The van der Waals surface area contributed by atoms with Crippen LogP contribution in [0.4, 0.5) is 11.4 Å². The maximum atomic E-state index is 12.4. The van der Waals surface area contributed by atoms with Gasteiger partial charge in [-0.3, -0.25) is 14.9 Å². The smallest absolute Gasteiger partial charge is 0.292 e. The van der Waals surface area contributed by atoms with Gasteiger partial charge in [0.2, 0.25) is 0 Å². The summed E-state index contributed by atoms with van der Waals surface area (Å²) in [6.45, 7) is 0.145. The number of methoxy groups -OCH3 is 1. The molecule has 0 bridgehead atoms. The first kappa shape index (κ1) is 19.1. The molecule has 0 aliphatic heterocycles. The van der Waals surface area contributed by atoms with Gasteiger partial charge in [-0.2, -0.15) is 0 Å². The number of hydrogen-bond acceptors (Lipinski definition) is 5. The van der Waals surface area contributed by atoms with Crippen molar-refractivity contribution in [1.29, 1.82) is 0 Å². The Labute approximate surface area is 161 Å². The van der Waals surface area contributed by atoms with Gasteiger partial charge >= 0.3 is 0 Å². The second kappa shape index (κ2) is 8.79. The highest BCUT2D eigenvalue weighted by Crippen LogP contribution is 2.31. The highest BCUT2D eigenvalue weighted by molar-refractivity contribution is 6.05. The minimum atomic E-state index is -0.522. The molecule has 0 aliphatic rings. The molecule has 0 fully saturated rings. The van der Waals surface area contributed by atoms with Crippen molar-refractivity contribution in [2.45, 2.75) is 0 Å². The SMILES string of the molecule is COCOc1ccc(-c2ccc([N+](=O)[O-])c(NC(=O)c3ccccc3)c2)cc1. The fourth-order valence-electron chi connectivity index (χ4n) is 2.63. The van der Waals surface area contributed by atoms with Gasteiger partial charge in [0.1, 0.15) is 11.4 Å². The number of ether oxygens (including phenoxy) is 2. The molecule has 3 aromatic rings. The Hall–Kier alpha value is -3.71. The first-order valence-electron chi connectivity index (χ1n) is 8.45. The number of carbonyl (C=O) groups excluding carboxylic acids is 1. The van der Waals surface area contributed by atoms with Gasteiger partial charge < -0.3 is 14.8 Å². The fourth-order valence-corrected chi connectivity index (χ4v) is 2.63. The second-order valence-electron chi connectivity index (χ2n) is 5.88. The average molecular weight is 378 g/mol. The summed E-state index contributed by atoms with van der Waals surface area (Å²) in [6, 6.07) is 20.4. The molecule has 3 rings (SSSR count). The predicted octanol–water partition coefficient (Wildman–Crippen LogP) is 4.50. The highest BCUT2D eigenvalue weighted by atomic mass is 16.7. The Balaban J connectivity index is 1.89. The van der Waals surface area contributed by atoms with Crippen LogP contribution < -0.4 is 10.1 Å². The number of nitro benzene ring substituents is 1. The number of carbonyl (C=O) groups is 1. The van der Waals surface area contributed by atoms with E-state index in [4.69, 9.17) is 9.47 Å². The summed E-state index contributed by atoms with van der Waals surface area (Å²) in [7, 11) is 1.54. The normalized spacial score (nSPS) is 10.3. The van der Waals surface area contributed by atoms with Gasteiger partial charge in [0, 0.05) is 18.7 Å². The molecule has 0 saturated carbocycles. The number of nitro groups is 1. The van der Waals surface area contributed by atoms with Gasteiger partial charge in [-0.15, -0.1) is 0 Å². The van der Waals surface area contributed by atoms with E-state index in [-0.39, 0.29) is 18.2 Å². The Morgan fingerprint density at radius 1 is 1.00 bits per heavy atom.